The highest BCUT2D eigenvalue weighted by Crippen LogP contribution is 2.30. The lowest BCUT2D eigenvalue weighted by Crippen LogP contribution is -2.39. The molecule has 3 aromatic rings. The second kappa shape index (κ2) is 7.41. The normalized spacial score (nSPS) is 15.2. The summed E-state index contributed by atoms with van der Waals surface area (Å²) in [6.07, 6.45) is 7.10. The number of benzene rings is 1. The number of nitrogens with one attached hydrogen (secondary N) is 1. The van der Waals surface area contributed by atoms with Gasteiger partial charge in [-0.2, -0.15) is 0 Å². The predicted octanol–water partition coefficient (Wildman–Crippen LogP) is 3.57. The molecule has 1 fully saturated rings. The molecule has 6 heteroatoms. The minimum absolute atomic E-state index is 0.0162. The second-order valence-corrected chi connectivity index (χ2v) is 7.63. The van der Waals surface area contributed by atoms with Crippen LogP contribution >= 0.6 is 11.3 Å². The Hall–Kier alpha value is -2.47. The van der Waals surface area contributed by atoms with Gasteiger partial charge in [0, 0.05) is 17.0 Å². The summed E-state index contributed by atoms with van der Waals surface area (Å²) in [6, 6.07) is 10.0. The third kappa shape index (κ3) is 3.42. The van der Waals surface area contributed by atoms with E-state index in [1.54, 1.807) is 0 Å². The first-order valence-corrected chi connectivity index (χ1v) is 9.92. The van der Waals surface area contributed by atoms with E-state index in [9.17, 15) is 9.59 Å². The molecule has 4 rings (SSSR count). The number of carbonyl (C=O) groups excluding carboxylic acids is 1. The number of thiophene rings is 1. The molecule has 0 spiro atoms. The largest absolute Gasteiger partial charge is 0.352 e. The van der Waals surface area contributed by atoms with Gasteiger partial charge in [0.2, 0.25) is 5.91 Å². The van der Waals surface area contributed by atoms with Crippen molar-refractivity contribution in [1.29, 1.82) is 0 Å². The Morgan fingerprint density at radius 1 is 1.19 bits per heavy atom. The van der Waals surface area contributed by atoms with Crippen LogP contribution in [-0.2, 0) is 11.3 Å². The first kappa shape index (κ1) is 17.0. The van der Waals surface area contributed by atoms with Gasteiger partial charge in [0.1, 0.15) is 11.4 Å². The van der Waals surface area contributed by atoms with E-state index in [1.165, 1.54) is 28.7 Å². The number of rotatable bonds is 4. The minimum Gasteiger partial charge on any atom is -0.352 e. The van der Waals surface area contributed by atoms with Crippen LogP contribution in [0.25, 0.3) is 21.3 Å². The molecule has 0 saturated heterocycles. The second-order valence-electron chi connectivity index (χ2n) is 6.78. The van der Waals surface area contributed by atoms with E-state index in [4.69, 9.17) is 0 Å². The molecule has 1 N–H and O–H groups in total. The zero-order valence-electron chi connectivity index (χ0n) is 14.5. The van der Waals surface area contributed by atoms with Gasteiger partial charge in [0.25, 0.3) is 5.56 Å². The maximum absolute atomic E-state index is 13.0. The summed E-state index contributed by atoms with van der Waals surface area (Å²) in [5.74, 6) is -0.114. The zero-order valence-corrected chi connectivity index (χ0v) is 15.3. The predicted molar refractivity (Wildman–Crippen MR) is 104 cm³/mol. The molecule has 1 aromatic carbocycles. The summed E-state index contributed by atoms with van der Waals surface area (Å²) >= 11 is 1.45. The Morgan fingerprint density at radius 2 is 1.96 bits per heavy atom. The van der Waals surface area contributed by atoms with E-state index in [1.807, 2.05) is 35.7 Å². The smallest absolute Gasteiger partial charge is 0.263 e. The summed E-state index contributed by atoms with van der Waals surface area (Å²) in [5.41, 5.74) is 1.71. The fourth-order valence-corrected chi connectivity index (χ4v) is 4.49. The highest BCUT2D eigenvalue weighted by molar-refractivity contribution is 7.17. The monoisotopic (exact) mass is 367 g/mol. The van der Waals surface area contributed by atoms with Crippen molar-refractivity contribution in [2.75, 3.05) is 0 Å². The van der Waals surface area contributed by atoms with Gasteiger partial charge in [0.05, 0.1) is 11.7 Å². The molecule has 2 aromatic heterocycles. The molecule has 0 bridgehead atoms. The van der Waals surface area contributed by atoms with Crippen LogP contribution < -0.4 is 10.9 Å². The van der Waals surface area contributed by atoms with E-state index in [2.05, 4.69) is 10.3 Å². The summed E-state index contributed by atoms with van der Waals surface area (Å²) in [7, 11) is 0. The van der Waals surface area contributed by atoms with E-state index in [0.29, 0.717) is 10.2 Å². The molecule has 0 unspecified atom stereocenters. The van der Waals surface area contributed by atoms with Crippen LogP contribution in [0.15, 0.2) is 46.8 Å². The number of hydrogen-bond donors (Lipinski definition) is 1. The van der Waals surface area contributed by atoms with E-state index in [0.717, 1.165) is 36.8 Å². The van der Waals surface area contributed by atoms with Crippen molar-refractivity contribution in [2.24, 2.45) is 0 Å². The Kier molecular flexibility index (Phi) is 4.84. The Morgan fingerprint density at radius 3 is 2.73 bits per heavy atom. The van der Waals surface area contributed by atoms with Crippen LogP contribution in [0.4, 0.5) is 0 Å². The fourth-order valence-electron chi connectivity index (χ4n) is 3.59. The van der Waals surface area contributed by atoms with Gasteiger partial charge in [-0.15, -0.1) is 11.3 Å². The molecule has 0 radical (unpaired) electrons. The van der Waals surface area contributed by atoms with Gasteiger partial charge in [-0.05, 0) is 18.4 Å². The summed E-state index contributed by atoms with van der Waals surface area (Å²) in [6.45, 7) is 0.0162. The van der Waals surface area contributed by atoms with Crippen LogP contribution in [0.1, 0.15) is 32.1 Å². The molecule has 1 aliphatic carbocycles. The van der Waals surface area contributed by atoms with Crippen molar-refractivity contribution < 1.29 is 4.79 Å². The van der Waals surface area contributed by atoms with Gasteiger partial charge in [-0.3, -0.25) is 14.2 Å². The molecule has 1 aliphatic rings. The number of nitrogens with zero attached hydrogens (tertiary/aromatic N) is 2. The molecule has 2 heterocycles. The maximum atomic E-state index is 13.0. The van der Waals surface area contributed by atoms with Crippen LogP contribution in [0.5, 0.6) is 0 Å². The lowest BCUT2D eigenvalue weighted by Gasteiger charge is -2.22. The third-order valence-electron chi connectivity index (χ3n) is 4.93. The third-order valence-corrected chi connectivity index (χ3v) is 5.82. The quantitative estimate of drug-likeness (QED) is 0.767. The Balaban J connectivity index is 1.61. The fraction of sp³-hybridized carbons (Fsp3) is 0.350. The lowest BCUT2D eigenvalue weighted by molar-refractivity contribution is -0.122. The molecule has 1 saturated carbocycles. The van der Waals surface area contributed by atoms with E-state index >= 15 is 0 Å². The van der Waals surface area contributed by atoms with Crippen LogP contribution in [-0.4, -0.2) is 21.5 Å². The van der Waals surface area contributed by atoms with Crippen LogP contribution in [0, 0.1) is 0 Å². The first-order chi connectivity index (χ1) is 12.7. The lowest BCUT2D eigenvalue weighted by atomic mass is 9.95. The van der Waals surface area contributed by atoms with Gasteiger partial charge in [-0.25, -0.2) is 4.98 Å². The topological polar surface area (TPSA) is 64.0 Å². The van der Waals surface area contributed by atoms with Crippen molar-refractivity contribution in [3.05, 3.63) is 52.4 Å². The Labute approximate surface area is 155 Å². The molecule has 26 heavy (non-hydrogen) atoms. The highest BCUT2D eigenvalue weighted by Gasteiger charge is 2.18. The molecule has 1 amide bonds. The van der Waals surface area contributed by atoms with Crippen molar-refractivity contribution in [3.8, 4) is 11.1 Å². The van der Waals surface area contributed by atoms with Gasteiger partial charge in [0.15, 0.2) is 0 Å². The molecule has 0 aliphatic heterocycles. The van der Waals surface area contributed by atoms with Gasteiger partial charge in [-0.1, -0.05) is 49.6 Å². The molecule has 0 atom stereocenters. The van der Waals surface area contributed by atoms with Crippen molar-refractivity contribution in [2.45, 2.75) is 44.7 Å². The average molecular weight is 367 g/mol. The highest BCUT2D eigenvalue weighted by atomic mass is 32.1. The van der Waals surface area contributed by atoms with Gasteiger partial charge < -0.3 is 5.32 Å². The Bertz CT molecular complexity index is 972. The molecule has 5 nitrogen and oxygen atoms in total. The van der Waals surface area contributed by atoms with Crippen molar-refractivity contribution in [1.82, 2.24) is 14.9 Å². The minimum atomic E-state index is -0.158. The SMILES string of the molecule is O=C(Cn1cnc2scc(-c3ccccc3)c2c1=O)NC1CCCCC1. The summed E-state index contributed by atoms with van der Waals surface area (Å²) < 4.78 is 1.42. The molecular formula is C20H21N3O2S. The van der Waals surface area contributed by atoms with Crippen molar-refractivity contribution >= 4 is 27.5 Å². The van der Waals surface area contributed by atoms with Crippen LogP contribution in [0.2, 0.25) is 0 Å². The summed E-state index contributed by atoms with van der Waals surface area (Å²) in [5, 5.41) is 5.61. The standard InChI is InChI=1S/C20H21N3O2S/c24-17(22-15-9-5-2-6-10-15)11-23-13-21-19-18(20(23)25)16(12-26-19)14-7-3-1-4-8-14/h1,3-4,7-8,12-13,15H,2,5-6,9-11H2,(H,22,24). The zero-order chi connectivity index (χ0) is 17.9. The number of hydrogen-bond acceptors (Lipinski definition) is 4. The van der Waals surface area contributed by atoms with E-state index < -0.39 is 0 Å². The van der Waals surface area contributed by atoms with E-state index in [-0.39, 0.29) is 24.1 Å². The maximum Gasteiger partial charge on any atom is 0.263 e. The molecular weight excluding hydrogens is 346 g/mol. The number of aromatic nitrogens is 2. The van der Waals surface area contributed by atoms with Gasteiger partial charge >= 0.3 is 0 Å². The average Bonchev–Trinajstić information content (AvgIpc) is 3.10. The molecule has 134 valence electrons. The van der Waals surface area contributed by atoms with Crippen LogP contribution in [0.3, 0.4) is 0 Å². The van der Waals surface area contributed by atoms with Crippen molar-refractivity contribution in [3.63, 3.8) is 0 Å². The summed E-state index contributed by atoms with van der Waals surface area (Å²) in [4.78, 5) is 30.4. The number of fused-ring (bicyclic) bond motifs is 1. The first-order valence-electron chi connectivity index (χ1n) is 9.04. The number of carbonyl (C=O) groups is 1. The number of amides is 1.